The molecule has 2 aromatic rings. The van der Waals surface area contributed by atoms with Crippen molar-refractivity contribution in [1.82, 2.24) is 15.1 Å². The molecule has 2 aliphatic rings. The highest BCUT2D eigenvalue weighted by Crippen LogP contribution is 2.28. The Morgan fingerprint density at radius 3 is 2.49 bits per heavy atom. The molecule has 2 fully saturated rings. The van der Waals surface area contributed by atoms with E-state index in [4.69, 9.17) is 4.74 Å². The Bertz CT molecular complexity index is 1060. The first-order chi connectivity index (χ1) is 16.9. The first-order valence-corrected chi connectivity index (χ1v) is 11.7. The van der Waals surface area contributed by atoms with Gasteiger partial charge in [-0.25, -0.2) is 4.39 Å². The molecule has 3 amide bonds. The zero-order valence-corrected chi connectivity index (χ0v) is 19.7. The lowest BCUT2D eigenvalue weighted by atomic mass is 10.1. The van der Waals surface area contributed by atoms with Crippen LogP contribution in [-0.2, 0) is 14.4 Å². The predicted octanol–water partition coefficient (Wildman–Crippen LogP) is 1.31. The molecule has 2 aliphatic heterocycles. The summed E-state index contributed by atoms with van der Waals surface area (Å²) >= 11 is 0. The largest absolute Gasteiger partial charge is 0.495 e. The van der Waals surface area contributed by atoms with E-state index in [1.807, 2.05) is 24.3 Å². The van der Waals surface area contributed by atoms with Gasteiger partial charge >= 0.3 is 0 Å². The molecule has 9 nitrogen and oxygen atoms in total. The number of anilines is 2. The third-order valence-electron chi connectivity index (χ3n) is 6.31. The fourth-order valence-electron chi connectivity index (χ4n) is 4.46. The number of rotatable bonds is 7. The van der Waals surface area contributed by atoms with Crippen molar-refractivity contribution in [3.63, 3.8) is 0 Å². The van der Waals surface area contributed by atoms with E-state index in [9.17, 15) is 18.8 Å². The number of halogens is 1. The number of nitrogens with zero attached hydrogens (tertiary/aromatic N) is 3. The van der Waals surface area contributed by atoms with Gasteiger partial charge in [-0.1, -0.05) is 12.1 Å². The molecule has 0 spiro atoms. The molecule has 10 heteroatoms. The fraction of sp³-hybridized carbons (Fsp3) is 0.400. The highest BCUT2D eigenvalue weighted by Gasteiger charge is 2.35. The van der Waals surface area contributed by atoms with Crippen LogP contribution >= 0.6 is 0 Å². The number of hydrogen-bond donors (Lipinski definition) is 2. The Balaban J connectivity index is 1.33. The monoisotopic (exact) mass is 483 g/mol. The van der Waals surface area contributed by atoms with Gasteiger partial charge in [0.25, 0.3) is 0 Å². The fourth-order valence-corrected chi connectivity index (χ4v) is 4.46. The van der Waals surface area contributed by atoms with E-state index < -0.39 is 17.8 Å². The molecule has 4 rings (SSSR count). The van der Waals surface area contributed by atoms with Gasteiger partial charge in [0, 0.05) is 45.0 Å². The number of nitrogens with one attached hydrogen (secondary N) is 2. The van der Waals surface area contributed by atoms with Crippen molar-refractivity contribution < 1.29 is 23.5 Å². The SMILES string of the molecule is COc1ccccc1N1CCN(CC(=O)N2CCNC(=O)[C@H]2CC(=O)Nc2ccc(F)cc2)CC1. The average molecular weight is 484 g/mol. The molecular formula is C25H30FN5O4. The van der Waals surface area contributed by atoms with Crippen LogP contribution in [0.3, 0.4) is 0 Å². The number of piperazine rings is 2. The minimum atomic E-state index is -0.883. The molecule has 35 heavy (non-hydrogen) atoms. The molecule has 0 bridgehead atoms. The van der Waals surface area contributed by atoms with Crippen LogP contribution in [0.4, 0.5) is 15.8 Å². The molecule has 186 valence electrons. The topological polar surface area (TPSA) is 94.2 Å². The summed E-state index contributed by atoms with van der Waals surface area (Å²) in [5.41, 5.74) is 1.46. The van der Waals surface area contributed by atoms with Gasteiger partial charge in [-0.15, -0.1) is 0 Å². The molecule has 0 aromatic heterocycles. The van der Waals surface area contributed by atoms with Crippen LogP contribution in [0, 0.1) is 5.82 Å². The van der Waals surface area contributed by atoms with E-state index in [0.29, 0.717) is 31.9 Å². The minimum Gasteiger partial charge on any atom is -0.495 e. The van der Waals surface area contributed by atoms with Crippen LogP contribution < -0.4 is 20.3 Å². The van der Waals surface area contributed by atoms with E-state index in [-0.39, 0.29) is 24.8 Å². The van der Waals surface area contributed by atoms with Crippen molar-refractivity contribution in [2.75, 3.05) is 63.1 Å². The van der Waals surface area contributed by atoms with Gasteiger partial charge < -0.3 is 25.2 Å². The Hall–Kier alpha value is -3.66. The van der Waals surface area contributed by atoms with Gasteiger partial charge in [0.05, 0.1) is 25.8 Å². The van der Waals surface area contributed by atoms with Crippen LogP contribution in [0.25, 0.3) is 0 Å². The summed E-state index contributed by atoms with van der Waals surface area (Å²) < 4.78 is 18.6. The zero-order chi connectivity index (χ0) is 24.8. The molecular weight excluding hydrogens is 453 g/mol. The van der Waals surface area contributed by atoms with Crippen LogP contribution in [-0.4, -0.2) is 86.5 Å². The second kappa shape index (κ2) is 11.2. The molecule has 2 N–H and O–H groups in total. The van der Waals surface area contributed by atoms with Crippen molar-refractivity contribution >= 4 is 29.1 Å². The minimum absolute atomic E-state index is 0.170. The van der Waals surface area contributed by atoms with Gasteiger partial charge in [-0.05, 0) is 36.4 Å². The summed E-state index contributed by atoms with van der Waals surface area (Å²) in [6.45, 7) is 3.76. The van der Waals surface area contributed by atoms with E-state index in [2.05, 4.69) is 20.4 Å². The number of para-hydroxylation sites is 2. The smallest absolute Gasteiger partial charge is 0.243 e. The summed E-state index contributed by atoms with van der Waals surface area (Å²) in [4.78, 5) is 44.0. The predicted molar refractivity (Wildman–Crippen MR) is 130 cm³/mol. The van der Waals surface area contributed by atoms with E-state index in [0.717, 1.165) is 24.5 Å². The zero-order valence-electron chi connectivity index (χ0n) is 19.7. The average Bonchev–Trinajstić information content (AvgIpc) is 2.87. The lowest BCUT2D eigenvalue weighted by Crippen LogP contribution is -2.60. The third-order valence-corrected chi connectivity index (χ3v) is 6.31. The van der Waals surface area contributed by atoms with Gasteiger partial charge in [-0.3, -0.25) is 19.3 Å². The summed E-state index contributed by atoms with van der Waals surface area (Å²) in [6, 6.07) is 12.4. The Morgan fingerprint density at radius 2 is 1.77 bits per heavy atom. The number of ether oxygens (including phenoxy) is 1. The van der Waals surface area contributed by atoms with Crippen molar-refractivity contribution in [3.8, 4) is 5.75 Å². The normalized spacial score (nSPS) is 18.7. The first kappa shape index (κ1) is 24.5. The van der Waals surface area contributed by atoms with Crippen LogP contribution in [0.15, 0.2) is 48.5 Å². The van der Waals surface area contributed by atoms with Gasteiger partial charge in [0.2, 0.25) is 17.7 Å². The molecule has 0 unspecified atom stereocenters. The standard InChI is InChI=1S/C25H30FN5O4/c1-35-22-5-3-2-4-20(22)30-14-12-29(13-15-30)17-24(33)31-11-10-27-25(34)21(31)16-23(32)28-19-8-6-18(26)7-9-19/h2-9,21H,10-17H2,1H3,(H,27,34)(H,28,32)/t21-/m1/s1. The lowest BCUT2D eigenvalue weighted by Gasteiger charge is -2.39. The molecule has 2 aromatic carbocycles. The lowest BCUT2D eigenvalue weighted by molar-refractivity contribution is -0.145. The summed E-state index contributed by atoms with van der Waals surface area (Å²) in [5, 5.41) is 5.40. The van der Waals surface area contributed by atoms with Crippen LogP contribution in [0.5, 0.6) is 5.75 Å². The number of benzene rings is 2. The van der Waals surface area contributed by atoms with Crippen molar-refractivity contribution in [1.29, 1.82) is 0 Å². The molecule has 0 aliphatic carbocycles. The van der Waals surface area contributed by atoms with Gasteiger partial charge in [0.1, 0.15) is 17.6 Å². The van der Waals surface area contributed by atoms with Gasteiger partial charge in [-0.2, -0.15) is 0 Å². The Kier molecular flexibility index (Phi) is 7.81. The second-order valence-corrected chi connectivity index (χ2v) is 8.59. The number of methoxy groups -OCH3 is 1. The van der Waals surface area contributed by atoms with Crippen molar-refractivity contribution in [2.45, 2.75) is 12.5 Å². The molecule has 2 saturated heterocycles. The maximum absolute atomic E-state index is 13.1. The Morgan fingerprint density at radius 1 is 1.06 bits per heavy atom. The quantitative estimate of drug-likeness (QED) is 0.617. The van der Waals surface area contributed by atoms with Crippen LogP contribution in [0.1, 0.15) is 6.42 Å². The first-order valence-electron chi connectivity index (χ1n) is 11.7. The van der Waals surface area contributed by atoms with E-state index >= 15 is 0 Å². The van der Waals surface area contributed by atoms with E-state index in [1.165, 1.54) is 29.2 Å². The number of carbonyl (C=O) groups excluding carboxylic acids is 3. The maximum Gasteiger partial charge on any atom is 0.243 e. The number of carbonyl (C=O) groups is 3. The third kappa shape index (κ3) is 6.07. The maximum atomic E-state index is 13.1. The van der Waals surface area contributed by atoms with Crippen molar-refractivity contribution in [2.24, 2.45) is 0 Å². The number of amides is 3. The summed E-state index contributed by atoms with van der Waals surface area (Å²) in [6.07, 6.45) is -0.170. The van der Waals surface area contributed by atoms with Crippen LogP contribution in [0.2, 0.25) is 0 Å². The molecule has 0 saturated carbocycles. The van der Waals surface area contributed by atoms with Crippen molar-refractivity contribution in [3.05, 3.63) is 54.3 Å². The number of hydrogen-bond acceptors (Lipinski definition) is 6. The summed E-state index contributed by atoms with van der Waals surface area (Å²) in [7, 11) is 1.65. The van der Waals surface area contributed by atoms with Gasteiger partial charge in [0.15, 0.2) is 0 Å². The second-order valence-electron chi connectivity index (χ2n) is 8.59. The summed E-state index contributed by atoms with van der Waals surface area (Å²) in [5.74, 6) is -0.528. The highest BCUT2D eigenvalue weighted by molar-refractivity contribution is 5.97. The molecule has 1 atom stereocenters. The molecule has 0 radical (unpaired) electrons. The Labute approximate surface area is 203 Å². The highest BCUT2D eigenvalue weighted by atomic mass is 19.1. The van der Waals surface area contributed by atoms with E-state index in [1.54, 1.807) is 7.11 Å². The molecule has 2 heterocycles.